The Morgan fingerprint density at radius 1 is 1.38 bits per heavy atom. The van der Waals surface area contributed by atoms with Gasteiger partial charge in [0.2, 0.25) is 21.1 Å². The van der Waals surface area contributed by atoms with Crippen LogP contribution < -0.4 is 9.62 Å². The van der Waals surface area contributed by atoms with E-state index in [9.17, 15) is 13.2 Å². The number of halogens is 1. The second-order valence-electron chi connectivity index (χ2n) is 4.58. The summed E-state index contributed by atoms with van der Waals surface area (Å²) in [5, 5.41) is 10.7. The molecule has 0 radical (unpaired) electrons. The molecule has 1 amide bonds. The lowest BCUT2D eigenvalue weighted by Crippen LogP contribution is -2.37. The SMILES string of the molecule is CCSc1nnc(NC(=O)CN(c2ccccc2Br)S(C)(=O)=O)s1. The minimum atomic E-state index is -3.63. The van der Waals surface area contributed by atoms with Crippen LogP contribution in [0.2, 0.25) is 0 Å². The number of carbonyl (C=O) groups excluding carboxylic acids is 1. The van der Waals surface area contributed by atoms with Crippen LogP contribution in [0.1, 0.15) is 6.92 Å². The van der Waals surface area contributed by atoms with Crippen LogP contribution in [0.3, 0.4) is 0 Å². The fourth-order valence-electron chi connectivity index (χ4n) is 1.77. The third-order valence-corrected chi connectivity index (χ3v) is 6.38. The Hall–Kier alpha value is -1.17. The molecule has 1 aromatic heterocycles. The number of para-hydroxylation sites is 1. The topological polar surface area (TPSA) is 92.3 Å². The van der Waals surface area contributed by atoms with Crippen molar-refractivity contribution in [2.24, 2.45) is 0 Å². The highest BCUT2D eigenvalue weighted by Gasteiger charge is 2.23. The number of carbonyl (C=O) groups is 1. The largest absolute Gasteiger partial charge is 0.299 e. The van der Waals surface area contributed by atoms with Crippen LogP contribution in [0.5, 0.6) is 0 Å². The van der Waals surface area contributed by atoms with Gasteiger partial charge in [0.05, 0.1) is 11.9 Å². The maximum absolute atomic E-state index is 12.2. The number of benzene rings is 1. The Morgan fingerprint density at radius 2 is 2.08 bits per heavy atom. The molecule has 0 bridgehead atoms. The average molecular weight is 451 g/mol. The number of amides is 1. The lowest BCUT2D eigenvalue weighted by atomic mass is 10.3. The van der Waals surface area contributed by atoms with Gasteiger partial charge in [-0.1, -0.05) is 42.2 Å². The smallest absolute Gasteiger partial charge is 0.246 e. The van der Waals surface area contributed by atoms with Crippen molar-refractivity contribution in [3.63, 3.8) is 0 Å². The van der Waals surface area contributed by atoms with E-state index in [1.54, 1.807) is 24.3 Å². The highest BCUT2D eigenvalue weighted by atomic mass is 79.9. The highest BCUT2D eigenvalue weighted by Crippen LogP contribution is 2.28. The van der Waals surface area contributed by atoms with Crippen molar-refractivity contribution in [3.05, 3.63) is 28.7 Å². The summed E-state index contributed by atoms with van der Waals surface area (Å²) in [6, 6.07) is 6.81. The van der Waals surface area contributed by atoms with E-state index in [0.717, 1.165) is 20.7 Å². The minimum Gasteiger partial charge on any atom is -0.299 e. The van der Waals surface area contributed by atoms with E-state index in [2.05, 4.69) is 31.4 Å². The lowest BCUT2D eigenvalue weighted by molar-refractivity contribution is -0.114. The molecule has 1 N–H and O–H groups in total. The number of hydrogen-bond donors (Lipinski definition) is 1. The highest BCUT2D eigenvalue weighted by molar-refractivity contribution is 9.10. The number of hydrogen-bond acceptors (Lipinski definition) is 7. The summed E-state index contributed by atoms with van der Waals surface area (Å²) < 4.78 is 26.5. The quantitative estimate of drug-likeness (QED) is 0.514. The van der Waals surface area contributed by atoms with Gasteiger partial charge in [-0.2, -0.15) is 0 Å². The maximum Gasteiger partial charge on any atom is 0.246 e. The second-order valence-corrected chi connectivity index (χ2v) is 9.83. The molecule has 0 atom stereocenters. The molecule has 24 heavy (non-hydrogen) atoms. The molecule has 7 nitrogen and oxygen atoms in total. The molecule has 1 heterocycles. The predicted molar refractivity (Wildman–Crippen MR) is 101 cm³/mol. The first-order chi connectivity index (χ1) is 11.3. The van der Waals surface area contributed by atoms with Gasteiger partial charge in [-0.25, -0.2) is 8.42 Å². The maximum atomic E-state index is 12.2. The van der Waals surface area contributed by atoms with Crippen molar-refractivity contribution in [3.8, 4) is 0 Å². The van der Waals surface area contributed by atoms with Gasteiger partial charge in [0.25, 0.3) is 0 Å². The Kier molecular flexibility index (Phi) is 6.61. The van der Waals surface area contributed by atoms with E-state index in [4.69, 9.17) is 0 Å². The molecule has 0 unspecified atom stereocenters. The number of anilines is 2. The normalized spacial score (nSPS) is 11.3. The van der Waals surface area contributed by atoms with Crippen LogP contribution in [0.25, 0.3) is 0 Å². The second kappa shape index (κ2) is 8.28. The predicted octanol–water partition coefficient (Wildman–Crippen LogP) is 2.82. The number of sulfonamides is 1. The van der Waals surface area contributed by atoms with Gasteiger partial charge in [0.1, 0.15) is 6.54 Å². The Morgan fingerprint density at radius 3 is 2.71 bits per heavy atom. The van der Waals surface area contributed by atoms with Crippen LogP contribution in [0.15, 0.2) is 33.1 Å². The summed E-state index contributed by atoms with van der Waals surface area (Å²) >= 11 is 6.08. The van der Waals surface area contributed by atoms with Gasteiger partial charge < -0.3 is 0 Å². The summed E-state index contributed by atoms with van der Waals surface area (Å²) in [6.45, 7) is 1.64. The summed E-state index contributed by atoms with van der Waals surface area (Å²) in [5.74, 6) is 0.368. The lowest BCUT2D eigenvalue weighted by Gasteiger charge is -2.22. The molecule has 0 aliphatic heterocycles. The van der Waals surface area contributed by atoms with Gasteiger partial charge in [-0.15, -0.1) is 10.2 Å². The molecule has 0 saturated heterocycles. The molecule has 11 heteroatoms. The summed E-state index contributed by atoms with van der Waals surface area (Å²) in [4.78, 5) is 12.2. The molecular formula is C13H15BrN4O3S3. The van der Waals surface area contributed by atoms with Crippen molar-refractivity contribution in [2.45, 2.75) is 11.3 Å². The molecule has 0 spiro atoms. The van der Waals surface area contributed by atoms with Crippen LogP contribution in [0, 0.1) is 0 Å². The van der Waals surface area contributed by atoms with E-state index in [0.29, 0.717) is 15.3 Å². The summed E-state index contributed by atoms with van der Waals surface area (Å²) in [6.07, 6.45) is 1.06. The van der Waals surface area contributed by atoms with Crippen LogP contribution in [-0.4, -0.2) is 43.1 Å². The monoisotopic (exact) mass is 450 g/mol. The van der Waals surface area contributed by atoms with E-state index < -0.39 is 15.9 Å². The number of aromatic nitrogens is 2. The van der Waals surface area contributed by atoms with Gasteiger partial charge in [-0.3, -0.25) is 14.4 Å². The van der Waals surface area contributed by atoms with Gasteiger partial charge in [-0.05, 0) is 33.8 Å². The fraction of sp³-hybridized carbons (Fsp3) is 0.308. The molecule has 2 aromatic rings. The Bertz CT molecular complexity index is 825. The number of rotatable bonds is 7. The van der Waals surface area contributed by atoms with Crippen molar-refractivity contribution < 1.29 is 13.2 Å². The zero-order chi connectivity index (χ0) is 17.7. The van der Waals surface area contributed by atoms with Crippen LogP contribution in [0.4, 0.5) is 10.8 Å². The third-order valence-electron chi connectivity index (χ3n) is 2.73. The van der Waals surface area contributed by atoms with E-state index >= 15 is 0 Å². The Balaban J connectivity index is 2.15. The average Bonchev–Trinajstić information content (AvgIpc) is 2.92. The third kappa shape index (κ3) is 5.16. The van der Waals surface area contributed by atoms with E-state index in [-0.39, 0.29) is 6.54 Å². The Labute approximate surface area is 157 Å². The zero-order valence-electron chi connectivity index (χ0n) is 12.9. The van der Waals surface area contributed by atoms with Crippen molar-refractivity contribution in [1.29, 1.82) is 0 Å². The molecule has 0 fully saturated rings. The fourth-order valence-corrected chi connectivity index (χ4v) is 4.92. The van der Waals surface area contributed by atoms with Crippen LogP contribution >= 0.6 is 39.0 Å². The van der Waals surface area contributed by atoms with E-state index in [1.165, 1.54) is 23.1 Å². The molecule has 0 aliphatic rings. The molecule has 0 aliphatic carbocycles. The van der Waals surface area contributed by atoms with Crippen molar-refractivity contribution in [2.75, 3.05) is 28.2 Å². The van der Waals surface area contributed by atoms with Crippen molar-refractivity contribution in [1.82, 2.24) is 10.2 Å². The zero-order valence-corrected chi connectivity index (χ0v) is 16.9. The van der Waals surface area contributed by atoms with Crippen molar-refractivity contribution >= 4 is 65.8 Å². The molecule has 0 saturated carbocycles. The minimum absolute atomic E-state index is 0.344. The molecule has 130 valence electrons. The number of nitrogens with zero attached hydrogens (tertiary/aromatic N) is 3. The first kappa shape index (κ1) is 19.2. The van der Waals surface area contributed by atoms with E-state index in [1.807, 2.05) is 6.92 Å². The number of nitrogens with one attached hydrogen (secondary N) is 1. The van der Waals surface area contributed by atoms with Gasteiger partial charge in [0, 0.05) is 4.47 Å². The van der Waals surface area contributed by atoms with Gasteiger partial charge in [0.15, 0.2) is 4.34 Å². The van der Waals surface area contributed by atoms with Crippen LogP contribution in [-0.2, 0) is 14.8 Å². The first-order valence-electron chi connectivity index (χ1n) is 6.79. The summed E-state index contributed by atoms with van der Waals surface area (Å²) in [5.41, 5.74) is 0.398. The summed E-state index contributed by atoms with van der Waals surface area (Å²) in [7, 11) is -3.63. The molecular weight excluding hydrogens is 436 g/mol. The molecule has 1 aromatic carbocycles. The number of thioether (sulfide) groups is 1. The standard InChI is InChI=1S/C13H15BrN4O3S3/c1-3-22-13-17-16-12(23-13)15-11(19)8-18(24(2,20)21)10-7-5-4-6-9(10)14/h4-7H,3,8H2,1-2H3,(H,15,16,19). The van der Waals surface area contributed by atoms with Gasteiger partial charge >= 0.3 is 0 Å². The first-order valence-corrected chi connectivity index (χ1v) is 11.2. The molecule has 2 rings (SSSR count).